The number of methoxy groups -OCH3 is 1. The molecule has 0 radical (unpaired) electrons. The predicted octanol–water partition coefficient (Wildman–Crippen LogP) is 4.25. The highest BCUT2D eigenvalue weighted by Crippen LogP contribution is 2.31. The number of rotatable bonds is 6. The Morgan fingerprint density at radius 1 is 1.03 bits per heavy atom. The van der Waals surface area contributed by atoms with Crippen LogP contribution in [0.25, 0.3) is 0 Å². The van der Waals surface area contributed by atoms with E-state index in [0.29, 0.717) is 34.8 Å². The van der Waals surface area contributed by atoms with Crippen molar-refractivity contribution < 1.29 is 19.1 Å². The number of benzene rings is 2. The first kappa shape index (κ1) is 21.9. The van der Waals surface area contributed by atoms with Crippen LogP contribution in [0.5, 0.6) is 0 Å². The van der Waals surface area contributed by atoms with E-state index in [0.717, 1.165) is 6.42 Å². The van der Waals surface area contributed by atoms with Crippen molar-refractivity contribution in [3.63, 3.8) is 0 Å². The Morgan fingerprint density at radius 3 is 2.23 bits per heavy atom. The molecule has 1 aliphatic rings. The first-order valence-corrected chi connectivity index (χ1v) is 10.0. The first-order chi connectivity index (χ1) is 14.9. The summed E-state index contributed by atoms with van der Waals surface area (Å²) in [5.74, 6) is -0.493. The van der Waals surface area contributed by atoms with E-state index in [-0.39, 0.29) is 12.1 Å². The number of ether oxygens (including phenoxy) is 1. The summed E-state index contributed by atoms with van der Waals surface area (Å²) in [6, 6.07) is 14.8. The van der Waals surface area contributed by atoms with Crippen LogP contribution in [0.4, 0.5) is 21.0 Å². The van der Waals surface area contributed by atoms with Gasteiger partial charge in [-0.1, -0.05) is 37.3 Å². The van der Waals surface area contributed by atoms with E-state index in [1.54, 1.807) is 48.2 Å². The van der Waals surface area contributed by atoms with Crippen LogP contribution in [0.1, 0.15) is 31.9 Å². The molecular formula is C23H26N4O4. The summed E-state index contributed by atoms with van der Waals surface area (Å²) >= 11 is 0. The van der Waals surface area contributed by atoms with Crippen LogP contribution in [0.15, 0.2) is 65.9 Å². The van der Waals surface area contributed by atoms with Crippen LogP contribution in [0, 0.1) is 0 Å². The second-order valence-corrected chi connectivity index (χ2v) is 7.09. The molecule has 8 heteroatoms. The summed E-state index contributed by atoms with van der Waals surface area (Å²) in [7, 11) is 1.32. The lowest BCUT2D eigenvalue weighted by molar-refractivity contribution is -0.136. The van der Waals surface area contributed by atoms with Gasteiger partial charge in [0.1, 0.15) is 0 Å². The average Bonchev–Trinajstić information content (AvgIpc) is 2.77. The molecule has 3 N–H and O–H groups in total. The second-order valence-electron chi connectivity index (χ2n) is 7.09. The van der Waals surface area contributed by atoms with Gasteiger partial charge in [-0.05, 0) is 43.2 Å². The van der Waals surface area contributed by atoms with Gasteiger partial charge in [0, 0.05) is 23.6 Å². The fraction of sp³-hybridized carbons (Fsp3) is 0.261. The van der Waals surface area contributed by atoms with Gasteiger partial charge in [-0.3, -0.25) is 4.90 Å². The molecule has 1 atom stereocenters. The Labute approximate surface area is 181 Å². The number of carbonyl (C=O) groups excluding carboxylic acids is 3. The van der Waals surface area contributed by atoms with Gasteiger partial charge in [0.05, 0.1) is 18.7 Å². The van der Waals surface area contributed by atoms with Gasteiger partial charge in [0.2, 0.25) is 0 Å². The van der Waals surface area contributed by atoms with Gasteiger partial charge in [0.25, 0.3) is 0 Å². The summed E-state index contributed by atoms with van der Waals surface area (Å²) in [6.45, 7) is 4.21. The third-order valence-corrected chi connectivity index (χ3v) is 4.98. The SMILES string of the molecule is CCCN1C(=O)NC(c2ccc(NC(=O)Nc3ccccc3)cc2)C(C(=O)OC)=C1C. The molecule has 31 heavy (non-hydrogen) atoms. The Kier molecular flexibility index (Phi) is 6.92. The zero-order valence-electron chi connectivity index (χ0n) is 17.8. The number of urea groups is 2. The monoisotopic (exact) mass is 422 g/mol. The van der Waals surface area contributed by atoms with Crippen molar-refractivity contribution in [1.82, 2.24) is 10.2 Å². The van der Waals surface area contributed by atoms with Gasteiger partial charge in [0.15, 0.2) is 0 Å². The van der Waals surface area contributed by atoms with E-state index in [1.807, 2.05) is 25.1 Å². The van der Waals surface area contributed by atoms with Gasteiger partial charge in [-0.2, -0.15) is 0 Å². The molecule has 1 heterocycles. The topological polar surface area (TPSA) is 99.8 Å². The minimum Gasteiger partial charge on any atom is -0.466 e. The van der Waals surface area contributed by atoms with E-state index < -0.39 is 12.0 Å². The van der Waals surface area contributed by atoms with Crippen molar-refractivity contribution in [1.29, 1.82) is 0 Å². The van der Waals surface area contributed by atoms with Crippen LogP contribution in [-0.2, 0) is 9.53 Å². The van der Waals surface area contributed by atoms with E-state index >= 15 is 0 Å². The standard InChI is InChI=1S/C23H26N4O4/c1-4-14-27-15(2)19(21(28)31-3)20(26-23(27)30)16-10-12-18(13-11-16)25-22(29)24-17-8-6-5-7-9-17/h5-13,20H,4,14H2,1-3H3,(H,26,30)(H2,24,25,29). The maximum atomic E-state index is 12.6. The van der Waals surface area contributed by atoms with Crippen molar-refractivity contribution in [3.8, 4) is 0 Å². The molecule has 8 nitrogen and oxygen atoms in total. The van der Waals surface area contributed by atoms with Gasteiger partial charge >= 0.3 is 18.0 Å². The number of para-hydroxylation sites is 1. The van der Waals surface area contributed by atoms with Crippen molar-refractivity contribution >= 4 is 29.4 Å². The largest absolute Gasteiger partial charge is 0.466 e. The number of nitrogens with zero attached hydrogens (tertiary/aromatic N) is 1. The third kappa shape index (κ3) is 5.03. The lowest BCUT2D eigenvalue weighted by atomic mass is 9.94. The molecule has 0 aliphatic carbocycles. The van der Waals surface area contributed by atoms with Crippen molar-refractivity contribution in [3.05, 3.63) is 71.4 Å². The summed E-state index contributed by atoms with van der Waals surface area (Å²) in [6.07, 6.45) is 0.759. The van der Waals surface area contributed by atoms with E-state index in [4.69, 9.17) is 4.74 Å². The molecule has 0 spiro atoms. The van der Waals surface area contributed by atoms with Crippen LogP contribution in [0.3, 0.4) is 0 Å². The van der Waals surface area contributed by atoms with Crippen molar-refractivity contribution in [2.45, 2.75) is 26.3 Å². The number of esters is 1. The molecule has 1 unspecified atom stereocenters. The molecule has 162 valence electrons. The minimum atomic E-state index is -0.639. The molecule has 1 aliphatic heterocycles. The smallest absolute Gasteiger partial charge is 0.337 e. The Hall–Kier alpha value is -3.81. The lowest BCUT2D eigenvalue weighted by Gasteiger charge is -2.35. The Bertz CT molecular complexity index is 986. The van der Waals surface area contributed by atoms with Crippen molar-refractivity contribution in [2.24, 2.45) is 0 Å². The molecule has 0 saturated heterocycles. The third-order valence-electron chi connectivity index (χ3n) is 4.98. The Morgan fingerprint density at radius 2 is 1.65 bits per heavy atom. The maximum absolute atomic E-state index is 12.6. The fourth-order valence-corrected chi connectivity index (χ4v) is 3.47. The zero-order chi connectivity index (χ0) is 22.4. The summed E-state index contributed by atoms with van der Waals surface area (Å²) in [5.41, 5.74) is 2.93. The number of carbonyl (C=O) groups is 3. The number of amides is 4. The normalized spacial score (nSPS) is 15.9. The van der Waals surface area contributed by atoms with E-state index in [2.05, 4.69) is 16.0 Å². The molecule has 0 aromatic heterocycles. The fourth-order valence-electron chi connectivity index (χ4n) is 3.47. The second kappa shape index (κ2) is 9.80. The highest BCUT2D eigenvalue weighted by atomic mass is 16.5. The molecule has 0 saturated carbocycles. The highest BCUT2D eigenvalue weighted by Gasteiger charge is 2.35. The minimum absolute atomic E-state index is 0.263. The predicted molar refractivity (Wildman–Crippen MR) is 119 cm³/mol. The number of hydrogen-bond donors (Lipinski definition) is 3. The summed E-state index contributed by atoms with van der Waals surface area (Å²) < 4.78 is 4.97. The summed E-state index contributed by atoms with van der Waals surface area (Å²) in [5, 5.41) is 8.39. The Balaban J connectivity index is 1.79. The molecule has 0 fully saturated rings. The van der Waals surface area contributed by atoms with Gasteiger partial charge < -0.3 is 20.7 Å². The maximum Gasteiger partial charge on any atom is 0.337 e. The molecule has 2 aromatic rings. The lowest BCUT2D eigenvalue weighted by Crippen LogP contribution is -2.48. The molecule has 2 aromatic carbocycles. The number of nitrogens with one attached hydrogen (secondary N) is 3. The number of allylic oxidation sites excluding steroid dienone is 1. The average molecular weight is 422 g/mol. The van der Waals surface area contributed by atoms with Gasteiger partial charge in [-0.15, -0.1) is 0 Å². The molecule has 4 amide bonds. The van der Waals surface area contributed by atoms with E-state index in [9.17, 15) is 14.4 Å². The quantitative estimate of drug-likeness (QED) is 0.606. The summed E-state index contributed by atoms with van der Waals surface area (Å²) in [4.78, 5) is 38.8. The van der Waals surface area contributed by atoms with Gasteiger partial charge in [-0.25, -0.2) is 14.4 Å². The van der Waals surface area contributed by atoms with E-state index in [1.165, 1.54) is 7.11 Å². The molecule has 0 bridgehead atoms. The van der Waals surface area contributed by atoms with Crippen LogP contribution >= 0.6 is 0 Å². The van der Waals surface area contributed by atoms with Crippen molar-refractivity contribution in [2.75, 3.05) is 24.3 Å². The van der Waals surface area contributed by atoms with Crippen LogP contribution < -0.4 is 16.0 Å². The highest BCUT2D eigenvalue weighted by molar-refractivity contribution is 5.99. The van der Waals surface area contributed by atoms with Crippen LogP contribution in [0.2, 0.25) is 0 Å². The molecular weight excluding hydrogens is 396 g/mol. The zero-order valence-corrected chi connectivity index (χ0v) is 17.8. The number of hydrogen-bond acceptors (Lipinski definition) is 4. The molecule has 3 rings (SSSR count). The first-order valence-electron chi connectivity index (χ1n) is 10.0. The van der Waals surface area contributed by atoms with Crippen LogP contribution in [-0.4, -0.2) is 36.6 Å². The number of anilines is 2.